The van der Waals surface area contributed by atoms with E-state index in [4.69, 9.17) is 0 Å². The van der Waals surface area contributed by atoms with Gasteiger partial charge in [0.15, 0.2) is 0 Å². The SMILES string of the molecule is Cc1ccc(C2CCCN2C(=O)NCCc2ccccc2)cc1. The maximum absolute atomic E-state index is 12.5. The third kappa shape index (κ3) is 3.92. The fraction of sp³-hybridized carbons (Fsp3) is 0.350. The molecule has 0 aliphatic carbocycles. The molecule has 1 fully saturated rings. The monoisotopic (exact) mass is 308 g/mol. The Morgan fingerprint density at radius 1 is 1.13 bits per heavy atom. The average Bonchev–Trinajstić information content (AvgIpc) is 3.06. The first-order chi connectivity index (χ1) is 11.2. The quantitative estimate of drug-likeness (QED) is 0.906. The molecule has 2 aromatic carbocycles. The van der Waals surface area contributed by atoms with E-state index in [1.807, 2.05) is 23.1 Å². The number of urea groups is 1. The van der Waals surface area contributed by atoms with Crippen LogP contribution in [0.2, 0.25) is 0 Å². The highest BCUT2D eigenvalue weighted by molar-refractivity contribution is 5.75. The molecule has 0 radical (unpaired) electrons. The second kappa shape index (κ2) is 7.32. The van der Waals surface area contributed by atoms with Crippen molar-refractivity contribution >= 4 is 6.03 Å². The highest BCUT2D eigenvalue weighted by atomic mass is 16.2. The van der Waals surface area contributed by atoms with Crippen LogP contribution >= 0.6 is 0 Å². The van der Waals surface area contributed by atoms with Crippen LogP contribution in [0.25, 0.3) is 0 Å². The molecule has 0 aromatic heterocycles. The summed E-state index contributed by atoms with van der Waals surface area (Å²) in [5, 5.41) is 3.07. The van der Waals surface area contributed by atoms with E-state index in [0.29, 0.717) is 6.54 Å². The summed E-state index contributed by atoms with van der Waals surface area (Å²) in [4.78, 5) is 14.5. The number of rotatable bonds is 4. The number of amides is 2. The van der Waals surface area contributed by atoms with E-state index in [1.165, 1.54) is 16.7 Å². The summed E-state index contributed by atoms with van der Waals surface area (Å²) in [6.45, 7) is 3.61. The lowest BCUT2D eigenvalue weighted by molar-refractivity contribution is 0.193. The van der Waals surface area contributed by atoms with Gasteiger partial charge >= 0.3 is 6.03 Å². The van der Waals surface area contributed by atoms with Gasteiger partial charge in [0.05, 0.1) is 6.04 Å². The summed E-state index contributed by atoms with van der Waals surface area (Å²) in [6, 6.07) is 19.1. The molecular formula is C20H24N2O. The van der Waals surface area contributed by atoms with Crippen LogP contribution in [0, 0.1) is 6.92 Å². The van der Waals surface area contributed by atoms with Gasteiger partial charge in [-0.05, 0) is 37.3 Å². The van der Waals surface area contributed by atoms with Crippen LogP contribution in [0.3, 0.4) is 0 Å². The van der Waals surface area contributed by atoms with E-state index >= 15 is 0 Å². The van der Waals surface area contributed by atoms with E-state index in [0.717, 1.165) is 25.8 Å². The van der Waals surface area contributed by atoms with Crippen LogP contribution in [0.5, 0.6) is 0 Å². The predicted molar refractivity (Wildman–Crippen MR) is 93.4 cm³/mol. The molecule has 1 aliphatic rings. The largest absolute Gasteiger partial charge is 0.338 e. The van der Waals surface area contributed by atoms with Crippen molar-refractivity contribution < 1.29 is 4.79 Å². The van der Waals surface area contributed by atoms with Crippen LogP contribution in [0.15, 0.2) is 54.6 Å². The predicted octanol–water partition coefficient (Wildman–Crippen LogP) is 4.08. The summed E-state index contributed by atoms with van der Waals surface area (Å²) in [6.07, 6.45) is 3.00. The van der Waals surface area contributed by atoms with Crippen molar-refractivity contribution in [1.29, 1.82) is 0 Å². The minimum atomic E-state index is 0.0593. The molecule has 23 heavy (non-hydrogen) atoms. The van der Waals surface area contributed by atoms with Gasteiger partial charge in [0.25, 0.3) is 0 Å². The van der Waals surface area contributed by atoms with Gasteiger partial charge in [-0.1, -0.05) is 60.2 Å². The summed E-state index contributed by atoms with van der Waals surface area (Å²) >= 11 is 0. The molecule has 0 saturated carbocycles. The van der Waals surface area contributed by atoms with Gasteiger partial charge in [0.2, 0.25) is 0 Å². The van der Waals surface area contributed by atoms with E-state index < -0.39 is 0 Å². The lowest BCUT2D eigenvalue weighted by Crippen LogP contribution is -2.40. The molecule has 1 aliphatic heterocycles. The molecule has 120 valence electrons. The Balaban J connectivity index is 1.56. The molecule has 0 bridgehead atoms. The highest BCUT2D eigenvalue weighted by Crippen LogP contribution is 2.31. The number of carbonyl (C=O) groups is 1. The number of likely N-dealkylation sites (tertiary alicyclic amines) is 1. The number of benzene rings is 2. The number of hydrogen-bond donors (Lipinski definition) is 1. The second-order valence-electron chi connectivity index (χ2n) is 6.23. The molecule has 2 aromatic rings. The minimum absolute atomic E-state index is 0.0593. The molecule has 1 atom stereocenters. The van der Waals surface area contributed by atoms with Crippen molar-refractivity contribution in [2.45, 2.75) is 32.2 Å². The molecule has 3 nitrogen and oxygen atoms in total. The molecule has 1 unspecified atom stereocenters. The number of carbonyl (C=O) groups excluding carboxylic acids is 1. The van der Waals surface area contributed by atoms with Crippen molar-refractivity contribution in [3.8, 4) is 0 Å². The van der Waals surface area contributed by atoms with E-state index in [9.17, 15) is 4.79 Å². The zero-order chi connectivity index (χ0) is 16.1. The fourth-order valence-corrected chi connectivity index (χ4v) is 3.20. The highest BCUT2D eigenvalue weighted by Gasteiger charge is 2.29. The number of aryl methyl sites for hydroxylation is 1. The average molecular weight is 308 g/mol. The van der Waals surface area contributed by atoms with E-state index in [-0.39, 0.29) is 12.1 Å². The standard InChI is InChI=1S/C20H24N2O/c1-16-9-11-18(12-10-16)19-8-5-15-22(19)20(23)21-14-13-17-6-3-2-4-7-17/h2-4,6-7,9-12,19H,5,8,13-15H2,1H3,(H,21,23). The van der Waals surface area contributed by atoms with E-state index in [1.54, 1.807) is 0 Å². The van der Waals surface area contributed by atoms with Crippen molar-refractivity contribution in [1.82, 2.24) is 10.2 Å². The van der Waals surface area contributed by atoms with Crippen LogP contribution in [0.1, 0.15) is 35.6 Å². The Bertz CT molecular complexity index is 636. The topological polar surface area (TPSA) is 32.3 Å². The number of nitrogens with zero attached hydrogens (tertiary/aromatic N) is 1. The molecular weight excluding hydrogens is 284 g/mol. The lowest BCUT2D eigenvalue weighted by atomic mass is 10.0. The number of hydrogen-bond acceptors (Lipinski definition) is 1. The second-order valence-corrected chi connectivity index (χ2v) is 6.23. The zero-order valence-corrected chi connectivity index (χ0v) is 13.7. The maximum atomic E-state index is 12.5. The molecule has 3 rings (SSSR count). The Kier molecular flexibility index (Phi) is 4.96. The van der Waals surface area contributed by atoms with Crippen LogP contribution in [-0.2, 0) is 6.42 Å². The molecule has 2 amide bonds. The van der Waals surface area contributed by atoms with Gasteiger partial charge in [-0.15, -0.1) is 0 Å². The third-order valence-corrected chi connectivity index (χ3v) is 4.51. The first-order valence-electron chi connectivity index (χ1n) is 8.39. The van der Waals surface area contributed by atoms with Gasteiger partial charge in [0.1, 0.15) is 0 Å². The molecule has 1 saturated heterocycles. The zero-order valence-electron chi connectivity index (χ0n) is 13.7. The van der Waals surface area contributed by atoms with Gasteiger partial charge < -0.3 is 10.2 Å². The molecule has 1 heterocycles. The minimum Gasteiger partial charge on any atom is -0.338 e. The van der Waals surface area contributed by atoms with Crippen LogP contribution in [0.4, 0.5) is 4.79 Å². The lowest BCUT2D eigenvalue weighted by Gasteiger charge is -2.25. The van der Waals surface area contributed by atoms with E-state index in [2.05, 4.69) is 48.6 Å². The third-order valence-electron chi connectivity index (χ3n) is 4.51. The maximum Gasteiger partial charge on any atom is 0.317 e. The summed E-state index contributed by atoms with van der Waals surface area (Å²) < 4.78 is 0. The Morgan fingerprint density at radius 2 is 1.87 bits per heavy atom. The first kappa shape index (κ1) is 15.6. The van der Waals surface area contributed by atoms with Crippen molar-refractivity contribution in [3.05, 3.63) is 71.3 Å². The normalized spacial score (nSPS) is 17.3. The molecule has 3 heteroatoms. The van der Waals surface area contributed by atoms with Gasteiger partial charge in [-0.25, -0.2) is 4.79 Å². The van der Waals surface area contributed by atoms with Gasteiger partial charge in [-0.3, -0.25) is 0 Å². The van der Waals surface area contributed by atoms with Gasteiger partial charge in [-0.2, -0.15) is 0 Å². The Morgan fingerprint density at radius 3 is 2.61 bits per heavy atom. The molecule has 0 spiro atoms. The Labute approximate surface area is 138 Å². The van der Waals surface area contributed by atoms with Crippen molar-refractivity contribution in [3.63, 3.8) is 0 Å². The first-order valence-corrected chi connectivity index (χ1v) is 8.39. The van der Waals surface area contributed by atoms with Crippen molar-refractivity contribution in [2.75, 3.05) is 13.1 Å². The smallest absolute Gasteiger partial charge is 0.317 e. The van der Waals surface area contributed by atoms with Crippen molar-refractivity contribution in [2.24, 2.45) is 0 Å². The summed E-state index contributed by atoms with van der Waals surface area (Å²) in [5.41, 5.74) is 3.75. The molecule has 1 N–H and O–H groups in total. The summed E-state index contributed by atoms with van der Waals surface area (Å²) in [7, 11) is 0. The summed E-state index contributed by atoms with van der Waals surface area (Å²) in [5.74, 6) is 0. The fourth-order valence-electron chi connectivity index (χ4n) is 3.20. The number of nitrogens with one attached hydrogen (secondary N) is 1. The van der Waals surface area contributed by atoms with Crippen LogP contribution in [-0.4, -0.2) is 24.0 Å². The van der Waals surface area contributed by atoms with Gasteiger partial charge in [0, 0.05) is 13.1 Å². The van der Waals surface area contributed by atoms with Crippen LogP contribution < -0.4 is 5.32 Å². The Hall–Kier alpha value is -2.29.